The molecule has 0 rings (SSSR count). The van der Waals surface area contributed by atoms with Crippen molar-refractivity contribution in [3.63, 3.8) is 0 Å². The van der Waals surface area contributed by atoms with Crippen molar-refractivity contribution in [2.24, 2.45) is 0 Å². The summed E-state index contributed by atoms with van der Waals surface area (Å²) in [6.07, 6.45) is 17.9. The summed E-state index contributed by atoms with van der Waals surface area (Å²) in [7, 11) is -4.49. The number of esters is 1. The van der Waals surface area contributed by atoms with Crippen LogP contribution in [0.2, 0.25) is 0 Å². The highest BCUT2D eigenvalue weighted by Gasteiger charge is 2.08. The zero-order valence-corrected chi connectivity index (χ0v) is 19.6. The lowest BCUT2D eigenvalue weighted by molar-refractivity contribution is -0.144. The molecule has 0 bridgehead atoms. The molecule has 0 amide bonds. The van der Waals surface area contributed by atoms with Crippen LogP contribution in [0.25, 0.3) is 0 Å². The van der Waals surface area contributed by atoms with Crippen molar-refractivity contribution >= 4 is 22.2 Å². The second-order valence-corrected chi connectivity index (χ2v) is 8.90. The molecule has 0 aromatic heterocycles. The lowest BCUT2D eigenvalue weighted by atomic mass is 10.0. The number of hydrogen-bond donors (Lipinski definition) is 1. The van der Waals surface area contributed by atoms with Crippen LogP contribution >= 0.6 is 0 Å². The van der Waals surface area contributed by atoms with Gasteiger partial charge in [-0.25, -0.2) is 4.18 Å². The van der Waals surface area contributed by atoms with E-state index in [4.69, 9.17) is 9.29 Å². The van der Waals surface area contributed by atoms with Crippen LogP contribution in [0.15, 0.2) is 0 Å². The first kappa shape index (κ1) is 29.0. The SMILES string of the molecule is CCC(=O)CCCCCCCCCCCCCCCCOC(=O)CCOS(=O)(=O)O. The van der Waals surface area contributed by atoms with Crippen molar-refractivity contribution in [1.82, 2.24) is 0 Å². The molecule has 8 heteroatoms. The van der Waals surface area contributed by atoms with Crippen LogP contribution < -0.4 is 0 Å². The number of unbranched alkanes of at least 4 members (excludes halogenated alkanes) is 13. The first-order valence-corrected chi connectivity index (χ1v) is 13.0. The molecule has 0 fully saturated rings. The number of rotatable bonds is 22. The molecule has 1 N–H and O–H groups in total. The van der Waals surface area contributed by atoms with Gasteiger partial charge in [-0.15, -0.1) is 0 Å². The smallest absolute Gasteiger partial charge is 0.397 e. The van der Waals surface area contributed by atoms with Crippen LogP contribution in [0, 0.1) is 0 Å². The van der Waals surface area contributed by atoms with Crippen molar-refractivity contribution in [2.75, 3.05) is 13.2 Å². The van der Waals surface area contributed by atoms with E-state index in [2.05, 4.69) is 4.18 Å². The first-order chi connectivity index (χ1) is 14.3. The normalized spacial score (nSPS) is 11.5. The summed E-state index contributed by atoms with van der Waals surface area (Å²) in [5.74, 6) is -0.134. The fourth-order valence-electron chi connectivity index (χ4n) is 3.21. The van der Waals surface area contributed by atoms with E-state index >= 15 is 0 Å². The molecule has 0 spiro atoms. The third kappa shape index (κ3) is 23.3. The summed E-state index contributed by atoms with van der Waals surface area (Å²) in [5.41, 5.74) is 0. The number of hydrogen-bond acceptors (Lipinski definition) is 6. The highest BCUT2D eigenvalue weighted by atomic mass is 32.3. The number of Topliss-reactive ketones (excluding diaryl/α,β-unsaturated/α-hetero) is 1. The Hall–Kier alpha value is -0.990. The van der Waals surface area contributed by atoms with Gasteiger partial charge in [0.15, 0.2) is 0 Å². The van der Waals surface area contributed by atoms with Gasteiger partial charge in [-0.05, 0) is 12.8 Å². The third-order valence-corrected chi connectivity index (χ3v) is 5.51. The van der Waals surface area contributed by atoms with Crippen molar-refractivity contribution in [3.8, 4) is 0 Å². The predicted molar refractivity (Wildman–Crippen MR) is 118 cm³/mol. The maximum atomic E-state index is 11.3. The van der Waals surface area contributed by atoms with Gasteiger partial charge in [0.25, 0.3) is 0 Å². The summed E-state index contributed by atoms with van der Waals surface area (Å²) >= 11 is 0. The maximum Gasteiger partial charge on any atom is 0.397 e. The molecule has 0 aliphatic heterocycles. The largest absolute Gasteiger partial charge is 0.466 e. The molecule has 0 aliphatic carbocycles. The van der Waals surface area contributed by atoms with Gasteiger partial charge >= 0.3 is 16.4 Å². The summed E-state index contributed by atoms with van der Waals surface area (Å²) in [5, 5.41) is 0. The van der Waals surface area contributed by atoms with E-state index in [1.165, 1.54) is 64.2 Å². The van der Waals surface area contributed by atoms with Crippen LogP contribution in [-0.2, 0) is 28.9 Å². The molecule has 0 radical (unpaired) electrons. The van der Waals surface area contributed by atoms with Crippen molar-refractivity contribution in [1.29, 1.82) is 0 Å². The van der Waals surface area contributed by atoms with E-state index < -0.39 is 23.0 Å². The average molecular weight is 451 g/mol. The Morgan fingerprint density at radius 3 is 1.53 bits per heavy atom. The Bertz CT molecular complexity index is 532. The fraction of sp³-hybridized carbons (Fsp3) is 0.909. The van der Waals surface area contributed by atoms with Crippen LogP contribution in [0.3, 0.4) is 0 Å². The van der Waals surface area contributed by atoms with Gasteiger partial charge in [0, 0.05) is 12.8 Å². The number of ether oxygens (including phenoxy) is 1. The molecule has 30 heavy (non-hydrogen) atoms. The number of carbonyl (C=O) groups is 2. The van der Waals surface area contributed by atoms with Gasteiger partial charge in [-0.1, -0.05) is 84.0 Å². The van der Waals surface area contributed by atoms with Crippen molar-refractivity contribution in [3.05, 3.63) is 0 Å². The van der Waals surface area contributed by atoms with Crippen LogP contribution in [0.5, 0.6) is 0 Å². The molecule has 0 heterocycles. The average Bonchev–Trinajstić information content (AvgIpc) is 2.69. The van der Waals surface area contributed by atoms with E-state index in [1.807, 2.05) is 6.92 Å². The van der Waals surface area contributed by atoms with Crippen LogP contribution in [0.4, 0.5) is 0 Å². The molecule has 7 nitrogen and oxygen atoms in total. The molecule has 0 atom stereocenters. The Labute approximate surface area is 183 Å². The minimum atomic E-state index is -4.49. The van der Waals surface area contributed by atoms with Gasteiger partial charge in [0.05, 0.1) is 19.6 Å². The summed E-state index contributed by atoms with van der Waals surface area (Å²) in [4.78, 5) is 22.5. The second kappa shape index (κ2) is 19.9. The lowest BCUT2D eigenvalue weighted by Crippen LogP contribution is -2.12. The van der Waals surface area contributed by atoms with Crippen molar-refractivity contribution < 1.29 is 31.5 Å². The predicted octanol–water partition coefficient (Wildman–Crippen LogP) is 5.57. The Morgan fingerprint density at radius 2 is 1.10 bits per heavy atom. The van der Waals surface area contributed by atoms with E-state index in [0.29, 0.717) is 18.8 Å². The quantitative estimate of drug-likeness (QED) is 0.130. The van der Waals surface area contributed by atoms with Crippen LogP contribution in [-0.4, -0.2) is 37.9 Å². The Kier molecular flexibility index (Phi) is 19.3. The highest BCUT2D eigenvalue weighted by Crippen LogP contribution is 2.13. The molecule has 0 saturated heterocycles. The second-order valence-electron chi connectivity index (χ2n) is 7.81. The highest BCUT2D eigenvalue weighted by molar-refractivity contribution is 7.80. The minimum absolute atomic E-state index is 0.195. The standard InChI is InChI=1S/C22H42O7S/c1-2-21(23)17-15-13-11-9-7-5-3-4-6-8-10-12-14-16-19-28-22(24)18-20-29-30(25,26)27/h2-20H2,1H3,(H,25,26,27). The third-order valence-electron chi connectivity index (χ3n) is 5.05. The van der Waals surface area contributed by atoms with E-state index in [1.54, 1.807) is 0 Å². The van der Waals surface area contributed by atoms with Crippen molar-refractivity contribution in [2.45, 2.75) is 116 Å². The van der Waals surface area contributed by atoms with E-state index in [-0.39, 0.29) is 6.42 Å². The van der Waals surface area contributed by atoms with Gasteiger partial charge in [-0.3, -0.25) is 14.1 Å². The summed E-state index contributed by atoms with van der Waals surface area (Å²) in [6.45, 7) is 1.86. The van der Waals surface area contributed by atoms with Gasteiger partial charge in [-0.2, -0.15) is 8.42 Å². The molecule has 0 saturated carbocycles. The molecule has 0 aliphatic rings. The summed E-state index contributed by atoms with van der Waals surface area (Å²) < 4.78 is 38.1. The zero-order chi connectivity index (χ0) is 22.5. The lowest BCUT2D eigenvalue weighted by Gasteiger charge is -2.05. The molecular formula is C22H42O7S. The molecular weight excluding hydrogens is 408 g/mol. The maximum absolute atomic E-state index is 11.3. The zero-order valence-electron chi connectivity index (χ0n) is 18.7. The molecule has 0 aromatic carbocycles. The van der Waals surface area contributed by atoms with E-state index in [0.717, 1.165) is 32.1 Å². The Morgan fingerprint density at radius 1 is 0.667 bits per heavy atom. The fourth-order valence-corrected chi connectivity index (χ4v) is 3.50. The topological polar surface area (TPSA) is 107 Å². The molecule has 178 valence electrons. The van der Waals surface area contributed by atoms with Gasteiger partial charge in [0.2, 0.25) is 0 Å². The number of carbonyl (C=O) groups excluding carboxylic acids is 2. The van der Waals surface area contributed by atoms with E-state index in [9.17, 15) is 18.0 Å². The Balaban J connectivity index is 3.19. The minimum Gasteiger partial charge on any atom is -0.466 e. The molecule has 0 unspecified atom stereocenters. The monoisotopic (exact) mass is 450 g/mol. The number of ketones is 1. The van der Waals surface area contributed by atoms with Gasteiger partial charge < -0.3 is 4.74 Å². The first-order valence-electron chi connectivity index (χ1n) is 11.6. The molecule has 0 aromatic rings. The van der Waals surface area contributed by atoms with Gasteiger partial charge in [0.1, 0.15) is 5.78 Å². The van der Waals surface area contributed by atoms with Crippen LogP contribution in [0.1, 0.15) is 116 Å². The summed E-state index contributed by atoms with van der Waals surface area (Å²) in [6, 6.07) is 0.